The Kier molecular flexibility index (Phi) is 4.61. The molecule has 2 aromatic rings. The fourth-order valence-electron chi connectivity index (χ4n) is 1.82. The zero-order chi connectivity index (χ0) is 13.7. The molecular weight excluding hydrogens is 284 g/mol. The number of benzene rings is 1. The van der Waals surface area contributed by atoms with Crippen LogP contribution in [0.2, 0.25) is 0 Å². The first-order chi connectivity index (χ1) is 9.12. The number of rotatable bonds is 6. The summed E-state index contributed by atoms with van der Waals surface area (Å²) in [6.45, 7) is 0. The van der Waals surface area contributed by atoms with E-state index in [1.165, 1.54) is 0 Å². The Bertz CT molecular complexity index is 653. The normalized spacial score (nSPS) is 11.6. The Labute approximate surface area is 117 Å². The maximum atomic E-state index is 11.9. The average Bonchev–Trinajstić information content (AvgIpc) is 2.39. The summed E-state index contributed by atoms with van der Waals surface area (Å²) in [6, 6.07) is 7.25. The van der Waals surface area contributed by atoms with Crippen molar-refractivity contribution in [1.29, 1.82) is 0 Å². The first kappa shape index (κ1) is 14.1. The molecule has 2 rings (SSSR count). The van der Waals surface area contributed by atoms with Crippen molar-refractivity contribution < 1.29 is 8.42 Å². The minimum absolute atomic E-state index is 0.0845. The number of hydrogen-bond acceptors (Lipinski definition) is 3. The van der Waals surface area contributed by atoms with Crippen LogP contribution in [0.3, 0.4) is 0 Å². The van der Waals surface area contributed by atoms with Gasteiger partial charge in [0.25, 0.3) is 0 Å². The zero-order valence-electron chi connectivity index (χ0n) is 10.3. The molecule has 0 aliphatic carbocycles. The van der Waals surface area contributed by atoms with Crippen molar-refractivity contribution >= 4 is 38.1 Å². The van der Waals surface area contributed by atoms with E-state index in [4.69, 9.17) is 11.6 Å². The van der Waals surface area contributed by atoms with Gasteiger partial charge in [0.05, 0.1) is 11.4 Å². The molecule has 19 heavy (non-hydrogen) atoms. The number of halogens is 1. The van der Waals surface area contributed by atoms with E-state index in [0.29, 0.717) is 24.4 Å². The third-order valence-corrected chi connectivity index (χ3v) is 4.37. The van der Waals surface area contributed by atoms with Gasteiger partial charge in [-0.15, -0.1) is 11.6 Å². The number of unbranched alkanes of at least 4 members (excludes halogenated alkanes) is 1. The van der Waals surface area contributed by atoms with Crippen molar-refractivity contribution in [2.24, 2.45) is 0 Å². The lowest BCUT2D eigenvalue weighted by Gasteiger charge is -2.10. The monoisotopic (exact) mass is 298 g/mol. The van der Waals surface area contributed by atoms with Crippen LogP contribution in [-0.2, 0) is 10.0 Å². The summed E-state index contributed by atoms with van der Waals surface area (Å²) in [7, 11) is -3.33. The first-order valence-corrected chi connectivity index (χ1v) is 8.20. The minimum Gasteiger partial charge on any atom is -0.283 e. The molecule has 6 heteroatoms. The van der Waals surface area contributed by atoms with Crippen molar-refractivity contribution in [1.82, 2.24) is 4.98 Å². The summed E-state index contributed by atoms with van der Waals surface area (Å²) in [5.74, 6) is 0.566. The molecule has 0 saturated carbocycles. The van der Waals surface area contributed by atoms with E-state index in [9.17, 15) is 8.42 Å². The molecule has 0 bridgehead atoms. The van der Waals surface area contributed by atoms with Crippen molar-refractivity contribution in [3.63, 3.8) is 0 Å². The number of nitrogens with zero attached hydrogens (tertiary/aromatic N) is 1. The Balaban J connectivity index is 2.21. The molecule has 0 fully saturated rings. The number of alkyl halides is 1. The van der Waals surface area contributed by atoms with Crippen LogP contribution in [-0.4, -0.2) is 25.0 Å². The predicted octanol–water partition coefficient (Wildman–Crippen LogP) is 3.00. The second kappa shape index (κ2) is 6.21. The fraction of sp³-hybridized carbons (Fsp3) is 0.308. The highest BCUT2D eigenvalue weighted by Gasteiger charge is 2.11. The Morgan fingerprint density at radius 2 is 2.05 bits per heavy atom. The number of pyridine rings is 1. The lowest BCUT2D eigenvalue weighted by atomic mass is 10.1. The summed E-state index contributed by atoms with van der Waals surface area (Å²) in [4.78, 5) is 4.02. The van der Waals surface area contributed by atoms with E-state index >= 15 is 0 Å². The van der Waals surface area contributed by atoms with Gasteiger partial charge in [0.15, 0.2) is 0 Å². The SMILES string of the molecule is O=S(=O)(CCCCCl)Nc1cccc2cnccc12. The van der Waals surface area contributed by atoms with E-state index in [1.807, 2.05) is 6.07 Å². The Morgan fingerprint density at radius 1 is 1.21 bits per heavy atom. The number of sulfonamides is 1. The Morgan fingerprint density at radius 3 is 2.84 bits per heavy atom. The van der Waals surface area contributed by atoms with Gasteiger partial charge in [0.2, 0.25) is 10.0 Å². The highest BCUT2D eigenvalue weighted by molar-refractivity contribution is 7.92. The molecule has 0 atom stereocenters. The van der Waals surface area contributed by atoms with Crippen LogP contribution in [0.5, 0.6) is 0 Å². The lowest BCUT2D eigenvalue weighted by Crippen LogP contribution is -2.17. The second-order valence-corrected chi connectivity index (χ2v) is 6.44. The highest BCUT2D eigenvalue weighted by Crippen LogP contribution is 2.23. The molecule has 1 heterocycles. The van der Waals surface area contributed by atoms with Gasteiger partial charge in [0.1, 0.15) is 0 Å². The average molecular weight is 299 g/mol. The van der Waals surface area contributed by atoms with Crippen molar-refractivity contribution in [3.8, 4) is 0 Å². The maximum absolute atomic E-state index is 11.9. The van der Waals surface area contributed by atoms with E-state index < -0.39 is 10.0 Å². The van der Waals surface area contributed by atoms with E-state index in [1.54, 1.807) is 30.6 Å². The summed E-state index contributed by atoms with van der Waals surface area (Å²) >= 11 is 5.55. The van der Waals surface area contributed by atoms with Crippen LogP contribution in [0.25, 0.3) is 10.8 Å². The summed E-state index contributed by atoms with van der Waals surface area (Å²) in [5.41, 5.74) is 0.589. The molecular formula is C13H15ClN2O2S. The maximum Gasteiger partial charge on any atom is 0.232 e. The van der Waals surface area contributed by atoms with Gasteiger partial charge >= 0.3 is 0 Å². The van der Waals surface area contributed by atoms with Crippen molar-refractivity contribution in [3.05, 3.63) is 36.7 Å². The molecule has 0 amide bonds. The molecule has 1 aromatic heterocycles. The third-order valence-electron chi connectivity index (χ3n) is 2.74. The number of fused-ring (bicyclic) bond motifs is 1. The zero-order valence-corrected chi connectivity index (χ0v) is 11.9. The number of nitrogens with one attached hydrogen (secondary N) is 1. The van der Waals surface area contributed by atoms with Crippen LogP contribution >= 0.6 is 11.6 Å². The topological polar surface area (TPSA) is 59.1 Å². The van der Waals surface area contributed by atoms with Gasteiger partial charge in [0, 0.05) is 29.0 Å². The molecule has 102 valence electrons. The largest absolute Gasteiger partial charge is 0.283 e. The van der Waals surface area contributed by atoms with E-state index in [-0.39, 0.29) is 5.75 Å². The second-order valence-electron chi connectivity index (χ2n) is 4.22. The predicted molar refractivity (Wildman–Crippen MR) is 79.1 cm³/mol. The van der Waals surface area contributed by atoms with Crippen LogP contribution in [0.1, 0.15) is 12.8 Å². The van der Waals surface area contributed by atoms with E-state index in [0.717, 1.165) is 10.8 Å². The quantitative estimate of drug-likeness (QED) is 0.659. The molecule has 0 unspecified atom stereocenters. The summed E-state index contributed by atoms with van der Waals surface area (Å²) in [6.07, 6.45) is 4.61. The first-order valence-electron chi connectivity index (χ1n) is 6.01. The summed E-state index contributed by atoms with van der Waals surface area (Å²) < 4.78 is 26.5. The van der Waals surface area contributed by atoms with Gasteiger partial charge in [-0.05, 0) is 25.0 Å². The summed E-state index contributed by atoms with van der Waals surface area (Å²) in [5, 5.41) is 1.75. The smallest absolute Gasteiger partial charge is 0.232 e. The number of anilines is 1. The molecule has 0 spiro atoms. The molecule has 4 nitrogen and oxygen atoms in total. The highest BCUT2D eigenvalue weighted by atomic mass is 35.5. The van der Waals surface area contributed by atoms with Gasteiger partial charge in [-0.25, -0.2) is 8.42 Å². The molecule has 1 aromatic carbocycles. The molecule has 1 N–H and O–H groups in total. The standard InChI is InChI=1S/C13H15ClN2O2S/c14-7-1-2-9-19(17,18)16-13-5-3-4-11-10-15-8-6-12(11)13/h3-6,8,10,16H,1-2,7,9H2. The van der Waals surface area contributed by atoms with Crippen molar-refractivity contribution in [2.75, 3.05) is 16.4 Å². The molecule has 0 radical (unpaired) electrons. The van der Waals surface area contributed by atoms with Gasteiger partial charge in [-0.1, -0.05) is 12.1 Å². The molecule has 0 aliphatic heterocycles. The van der Waals surface area contributed by atoms with Gasteiger partial charge < -0.3 is 0 Å². The molecule has 0 aliphatic rings. The number of hydrogen-bond donors (Lipinski definition) is 1. The number of aromatic nitrogens is 1. The van der Waals surface area contributed by atoms with Crippen LogP contribution in [0, 0.1) is 0 Å². The van der Waals surface area contributed by atoms with Crippen molar-refractivity contribution in [2.45, 2.75) is 12.8 Å². The van der Waals surface area contributed by atoms with Gasteiger partial charge in [-0.3, -0.25) is 9.71 Å². The molecule has 0 saturated heterocycles. The Hall–Kier alpha value is -1.33. The van der Waals surface area contributed by atoms with Crippen LogP contribution in [0.15, 0.2) is 36.7 Å². The lowest BCUT2D eigenvalue weighted by molar-refractivity contribution is 0.598. The van der Waals surface area contributed by atoms with Crippen LogP contribution < -0.4 is 4.72 Å². The van der Waals surface area contributed by atoms with Crippen LogP contribution in [0.4, 0.5) is 5.69 Å². The fourth-order valence-corrected chi connectivity index (χ4v) is 3.20. The minimum atomic E-state index is -3.33. The van der Waals surface area contributed by atoms with Gasteiger partial charge in [-0.2, -0.15) is 0 Å². The third kappa shape index (κ3) is 3.81. The van der Waals surface area contributed by atoms with E-state index in [2.05, 4.69) is 9.71 Å².